The Morgan fingerprint density at radius 3 is 2.45 bits per heavy atom. The predicted octanol–water partition coefficient (Wildman–Crippen LogP) is 2.80. The van der Waals surface area contributed by atoms with E-state index >= 15 is 0 Å². The predicted molar refractivity (Wildman–Crippen MR) is 70.5 cm³/mol. The van der Waals surface area contributed by atoms with Crippen LogP contribution in [0.25, 0.3) is 22.6 Å². The van der Waals surface area contributed by atoms with E-state index in [2.05, 4.69) is 20.3 Å². The number of nitrogens with zero attached hydrogens (tertiary/aromatic N) is 4. The van der Waals surface area contributed by atoms with Crippen LogP contribution in [-0.4, -0.2) is 20.3 Å². The maximum absolute atomic E-state index is 4.76. The van der Waals surface area contributed by atoms with Crippen molar-refractivity contribution in [1.29, 1.82) is 0 Å². The summed E-state index contributed by atoms with van der Waals surface area (Å²) in [4.78, 5) is 8.29. The van der Waals surface area contributed by atoms with Crippen LogP contribution in [0.2, 0.25) is 0 Å². The van der Waals surface area contributed by atoms with Crippen molar-refractivity contribution >= 4 is 11.4 Å². The third-order valence-corrected chi connectivity index (χ3v) is 2.50. The Bertz CT molecular complexity index is 714. The number of aromatic nitrogens is 4. The van der Waals surface area contributed by atoms with Gasteiger partial charge in [-0.2, -0.15) is 30.3 Å². The molecule has 2 heterocycles. The largest absolute Gasteiger partial charge is 2.00 e. The summed E-state index contributed by atoms with van der Waals surface area (Å²) in [5.74, 6) is 0. The summed E-state index contributed by atoms with van der Waals surface area (Å²) < 4.78 is 4.76. The zero-order chi connectivity index (χ0) is 12.9. The van der Waals surface area contributed by atoms with Crippen molar-refractivity contribution < 1.29 is 21.6 Å². The van der Waals surface area contributed by atoms with Gasteiger partial charge < -0.3 is 4.52 Å². The van der Waals surface area contributed by atoms with Gasteiger partial charge in [0.15, 0.2) is 0 Å². The van der Waals surface area contributed by atoms with Crippen molar-refractivity contribution in [2.45, 2.75) is 0 Å². The molecule has 0 aliphatic rings. The molecule has 4 aromatic rings. The van der Waals surface area contributed by atoms with Crippen molar-refractivity contribution in [3.63, 3.8) is 0 Å². The molecular formula is C14H10FeN4O. The number of fused-ring (bicyclic) bond motifs is 1. The first-order valence-electron chi connectivity index (χ1n) is 5.77. The fourth-order valence-corrected chi connectivity index (χ4v) is 1.60. The van der Waals surface area contributed by atoms with E-state index in [9.17, 15) is 0 Å². The van der Waals surface area contributed by atoms with E-state index in [1.807, 2.05) is 54.6 Å². The van der Waals surface area contributed by atoms with Gasteiger partial charge in [0.25, 0.3) is 5.71 Å². The zero-order valence-electron chi connectivity index (χ0n) is 10.3. The second-order valence-corrected chi connectivity index (χ2v) is 3.79. The van der Waals surface area contributed by atoms with Crippen molar-refractivity contribution in [1.82, 2.24) is 20.3 Å². The molecule has 0 bridgehead atoms. The van der Waals surface area contributed by atoms with Gasteiger partial charge in [-0.1, -0.05) is 10.7 Å². The fourth-order valence-electron chi connectivity index (χ4n) is 1.60. The summed E-state index contributed by atoms with van der Waals surface area (Å²) in [5.41, 5.74) is 2.59. The van der Waals surface area contributed by atoms with Crippen LogP contribution in [-0.2, 0) is 17.1 Å². The fraction of sp³-hybridized carbons (Fsp3) is 0. The Morgan fingerprint density at radius 1 is 1.05 bits per heavy atom. The molecule has 0 saturated heterocycles. The molecule has 0 radical (unpaired) electrons. The second-order valence-electron chi connectivity index (χ2n) is 3.79. The van der Waals surface area contributed by atoms with Gasteiger partial charge in [0.2, 0.25) is 5.65 Å². The van der Waals surface area contributed by atoms with Crippen LogP contribution in [0.15, 0.2) is 65.3 Å². The third-order valence-electron chi connectivity index (χ3n) is 2.50. The molecular weight excluding hydrogens is 296 g/mol. The molecule has 0 aliphatic carbocycles. The number of hydrogen-bond acceptors (Lipinski definition) is 5. The minimum absolute atomic E-state index is 0. The van der Waals surface area contributed by atoms with E-state index in [4.69, 9.17) is 4.52 Å². The van der Waals surface area contributed by atoms with Gasteiger partial charge in [-0.05, 0) is 6.20 Å². The van der Waals surface area contributed by atoms with E-state index in [0.717, 1.165) is 11.3 Å². The molecule has 2 aromatic heterocycles. The van der Waals surface area contributed by atoms with E-state index in [1.54, 1.807) is 6.20 Å². The van der Waals surface area contributed by atoms with Gasteiger partial charge in [-0.15, -0.1) is 12.1 Å². The summed E-state index contributed by atoms with van der Waals surface area (Å²) in [6.07, 6.45) is 1.64. The summed E-state index contributed by atoms with van der Waals surface area (Å²) in [6, 6.07) is 17.8. The van der Waals surface area contributed by atoms with Crippen molar-refractivity contribution in [2.24, 2.45) is 0 Å². The first kappa shape index (κ1) is 14.1. The van der Waals surface area contributed by atoms with Crippen LogP contribution in [0.4, 0.5) is 0 Å². The topological polar surface area (TPSA) is 64.7 Å². The second kappa shape index (κ2) is 6.75. The van der Waals surface area contributed by atoms with Gasteiger partial charge >= 0.3 is 17.1 Å². The third kappa shape index (κ3) is 3.17. The van der Waals surface area contributed by atoms with Crippen molar-refractivity contribution in [3.8, 4) is 11.3 Å². The van der Waals surface area contributed by atoms with Gasteiger partial charge in [-0.25, -0.2) is 17.1 Å². The Hall–Kier alpha value is -2.30. The Labute approximate surface area is 125 Å². The average molecular weight is 306 g/mol. The van der Waals surface area contributed by atoms with Crippen LogP contribution in [0.5, 0.6) is 0 Å². The molecule has 0 saturated carbocycles. The minimum Gasteiger partial charge on any atom is -0.315 e. The monoisotopic (exact) mass is 306 g/mol. The van der Waals surface area contributed by atoms with E-state index in [-0.39, 0.29) is 17.1 Å². The summed E-state index contributed by atoms with van der Waals surface area (Å²) in [5, 5.41) is 7.07. The van der Waals surface area contributed by atoms with Crippen molar-refractivity contribution in [3.05, 3.63) is 60.8 Å². The van der Waals surface area contributed by atoms with Gasteiger partial charge in [0.1, 0.15) is 0 Å². The Balaban J connectivity index is 0.000000210. The minimum atomic E-state index is 0. The maximum atomic E-state index is 4.76. The van der Waals surface area contributed by atoms with E-state index in [1.165, 1.54) is 0 Å². The molecule has 20 heavy (non-hydrogen) atoms. The molecule has 0 atom stereocenters. The maximum Gasteiger partial charge on any atom is 2.00 e. The van der Waals surface area contributed by atoms with Crippen molar-refractivity contribution in [2.75, 3.05) is 0 Å². The molecule has 100 valence electrons. The molecule has 0 spiro atoms. The zero-order valence-corrected chi connectivity index (χ0v) is 11.4. The van der Waals surface area contributed by atoms with Gasteiger partial charge in [0, 0.05) is 11.0 Å². The molecule has 0 aliphatic heterocycles. The molecule has 2 aromatic carbocycles. The first-order valence-corrected chi connectivity index (χ1v) is 5.77. The number of hydrogen-bond donors (Lipinski definition) is 0. The van der Waals surface area contributed by atoms with E-state index in [0.29, 0.717) is 11.4 Å². The van der Waals surface area contributed by atoms with Gasteiger partial charge in [0.05, 0.1) is 0 Å². The molecule has 6 heteroatoms. The molecule has 5 nitrogen and oxygen atoms in total. The van der Waals surface area contributed by atoms with Crippen LogP contribution >= 0.6 is 0 Å². The van der Waals surface area contributed by atoms with Crippen LogP contribution in [0, 0.1) is 0 Å². The van der Waals surface area contributed by atoms with Crippen LogP contribution in [0.3, 0.4) is 0 Å². The molecule has 0 unspecified atom stereocenters. The normalized spacial score (nSPS) is 9.60. The SMILES string of the molecule is [Fe+2].c1cc[c-](-c2cnc3onnc3n2)c1.c1cc[cH-]c1. The summed E-state index contributed by atoms with van der Waals surface area (Å²) in [6.45, 7) is 0. The smallest absolute Gasteiger partial charge is 0.315 e. The first-order chi connectivity index (χ1) is 9.43. The molecule has 4 rings (SSSR count). The summed E-state index contributed by atoms with van der Waals surface area (Å²) in [7, 11) is 0. The van der Waals surface area contributed by atoms with E-state index < -0.39 is 0 Å². The average Bonchev–Trinajstić information content (AvgIpc) is 3.20. The van der Waals surface area contributed by atoms with Gasteiger partial charge in [-0.3, -0.25) is 4.98 Å². The van der Waals surface area contributed by atoms with Crippen LogP contribution < -0.4 is 0 Å². The summed E-state index contributed by atoms with van der Waals surface area (Å²) >= 11 is 0. The Morgan fingerprint density at radius 2 is 1.80 bits per heavy atom. The molecule has 0 N–H and O–H groups in total. The molecule has 0 fully saturated rings. The number of rotatable bonds is 1. The molecule has 0 amide bonds. The Kier molecular flexibility index (Phi) is 4.76. The standard InChI is InChI=1S/C9H5N4O.C5H5.Fe/c1-2-4-6(3-1)7-5-10-9-8(11-7)12-13-14-9;1-2-4-5-3-1;/h1-5H;1-5H;/q2*-1;+2. The quantitative estimate of drug-likeness (QED) is 0.400. The van der Waals surface area contributed by atoms with Crippen LogP contribution in [0.1, 0.15) is 0 Å².